The van der Waals surface area contributed by atoms with Crippen LogP contribution in [0.15, 0.2) is 47.1 Å². The molecule has 1 aromatic carbocycles. The summed E-state index contributed by atoms with van der Waals surface area (Å²) in [5.41, 5.74) is 2.95. The zero-order valence-corrected chi connectivity index (χ0v) is 18.2. The van der Waals surface area contributed by atoms with Crippen LogP contribution in [-0.4, -0.2) is 45.1 Å². The molecule has 1 saturated heterocycles. The van der Waals surface area contributed by atoms with E-state index in [2.05, 4.69) is 25.8 Å². The van der Waals surface area contributed by atoms with Gasteiger partial charge in [0.1, 0.15) is 5.69 Å². The molecule has 0 atom stereocenters. The summed E-state index contributed by atoms with van der Waals surface area (Å²) in [6.07, 6.45) is 3.57. The summed E-state index contributed by atoms with van der Waals surface area (Å²) < 4.78 is 5.47. The van der Waals surface area contributed by atoms with Gasteiger partial charge in [-0.2, -0.15) is 4.98 Å². The number of aromatic nitrogens is 3. The number of amides is 3. The lowest BCUT2D eigenvalue weighted by Crippen LogP contribution is -2.40. The van der Waals surface area contributed by atoms with Crippen LogP contribution in [-0.2, 0) is 4.79 Å². The van der Waals surface area contributed by atoms with E-state index in [0.717, 1.165) is 18.4 Å². The summed E-state index contributed by atoms with van der Waals surface area (Å²) in [6.45, 7) is 4.89. The summed E-state index contributed by atoms with van der Waals surface area (Å²) in [7, 11) is 0. The molecule has 166 valence electrons. The van der Waals surface area contributed by atoms with Gasteiger partial charge in [-0.25, -0.2) is 4.79 Å². The second kappa shape index (κ2) is 9.59. The number of nitrogens with one attached hydrogen (secondary N) is 2. The van der Waals surface area contributed by atoms with Gasteiger partial charge in [0.2, 0.25) is 17.6 Å². The summed E-state index contributed by atoms with van der Waals surface area (Å²) in [5.74, 6) is 1.10. The fourth-order valence-electron chi connectivity index (χ4n) is 3.61. The molecule has 1 aliphatic heterocycles. The van der Waals surface area contributed by atoms with Gasteiger partial charge in [-0.05, 0) is 49.6 Å². The number of hydrogen-bond acceptors (Lipinski definition) is 6. The van der Waals surface area contributed by atoms with Gasteiger partial charge >= 0.3 is 6.03 Å². The maximum atomic E-state index is 12.8. The molecule has 3 aromatic rings. The molecule has 0 unspecified atom stereocenters. The Morgan fingerprint density at radius 2 is 1.97 bits per heavy atom. The van der Waals surface area contributed by atoms with Crippen molar-refractivity contribution in [3.63, 3.8) is 0 Å². The zero-order chi connectivity index (χ0) is 22.5. The second-order valence-electron chi connectivity index (χ2n) is 7.79. The third kappa shape index (κ3) is 4.93. The number of anilines is 2. The topological polar surface area (TPSA) is 113 Å². The van der Waals surface area contributed by atoms with Crippen molar-refractivity contribution in [2.75, 3.05) is 23.7 Å². The normalized spacial score (nSPS) is 14.2. The van der Waals surface area contributed by atoms with Gasteiger partial charge in [-0.3, -0.25) is 9.78 Å². The third-order valence-corrected chi connectivity index (χ3v) is 5.55. The number of benzene rings is 1. The van der Waals surface area contributed by atoms with Crippen LogP contribution < -0.4 is 10.6 Å². The van der Waals surface area contributed by atoms with Crippen molar-refractivity contribution in [1.29, 1.82) is 0 Å². The highest BCUT2D eigenvalue weighted by atomic mass is 16.5. The number of likely N-dealkylation sites (tertiary alicyclic amines) is 1. The van der Waals surface area contributed by atoms with E-state index in [4.69, 9.17) is 4.52 Å². The van der Waals surface area contributed by atoms with Gasteiger partial charge in [0, 0.05) is 43.0 Å². The molecular formula is C23H26N6O3. The predicted molar refractivity (Wildman–Crippen MR) is 120 cm³/mol. The third-order valence-electron chi connectivity index (χ3n) is 5.55. The van der Waals surface area contributed by atoms with E-state index >= 15 is 0 Å². The Bertz CT molecular complexity index is 1090. The van der Waals surface area contributed by atoms with Gasteiger partial charge in [0.05, 0.1) is 0 Å². The molecule has 9 nitrogen and oxygen atoms in total. The van der Waals surface area contributed by atoms with E-state index in [9.17, 15) is 9.59 Å². The maximum absolute atomic E-state index is 12.8. The Hall–Kier alpha value is -3.75. The molecule has 2 N–H and O–H groups in total. The van der Waals surface area contributed by atoms with Gasteiger partial charge in [0.25, 0.3) is 0 Å². The van der Waals surface area contributed by atoms with Crippen LogP contribution in [0.1, 0.15) is 43.6 Å². The van der Waals surface area contributed by atoms with Crippen LogP contribution in [0.4, 0.5) is 16.2 Å². The monoisotopic (exact) mass is 434 g/mol. The van der Waals surface area contributed by atoms with Crippen LogP contribution in [0.25, 0.3) is 11.5 Å². The maximum Gasteiger partial charge on any atom is 0.321 e. The van der Waals surface area contributed by atoms with Crippen molar-refractivity contribution >= 4 is 23.3 Å². The molecule has 3 heterocycles. The molecular weight excluding hydrogens is 408 g/mol. The van der Waals surface area contributed by atoms with Crippen LogP contribution in [0.5, 0.6) is 0 Å². The van der Waals surface area contributed by atoms with Crippen molar-refractivity contribution in [1.82, 2.24) is 20.0 Å². The number of hydrogen-bond donors (Lipinski definition) is 2. The molecule has 0 aliphatic carbocycles. The van der Waals surface area contributed by atoms with Gasteiger partial charge in [-0.15, -0.1) is 0 Å². The second-order valence-corrected chi connectivity index (χ2v) is 7.79. The smallest absolute Gasteiger partial charge is 0.321 e. The average Bonchev–Trinajstić information content (AvgIpc) is 3.32. The van der Waals surface area contributed by atoms with Crippen molar-refractivity contribution in [2.45, 2.75) is 39.0 Å². The first-order valence-electron chi connectivity index (χ1n) is 10.7. The summed E-state index contributed by atoms with van der Waals surface area (Å²) in [6, 6.07) is 10.9. The molecule has 1 aliphatic rings. The SMILES string of the molecule is CCC(=O)Nc1ccc(C)c(NC(=O)N2CCC(c3nc(-c4ccccn4)no3)CC2)c1. The zero-order valence-electron chi connectivity index (χ0n) is 18.2. The van der Waals surface area contributed by atoms with E-state index in [1.807, 2.05) is 37.3 Å². The summed E-state index contributed by atoms with van der Waals surface area (Å²) in [5, 5.41) is 9.83. The standard InChI is InChI=1S/C23H26N6O3/c1-3-20(30)25-17-8-7-15(2)19(14-17)26-23(31)29-12-9-16(10-13-29)22-27-21(28-32-22)18-6-4-5-11-24-18/h4-8,11,14,16H,3,9-10,12-13H2,1-2H3,(H,25,30)(H,26,31). The Morgan fingerprint density at radius 1 is 1.16 bits per heavy atom. The predicted octanol–water partition coefficient (Wildman–Crippen LogP) is 4.20. The van der Waals surface area contributed by atoms with Gasteiger partial charge in [0.15, 0.2) is 0 Å². The van der Waals surface area contributed by atoms with Crippen LogP contribution >= 0.6 is 0 Å². The van der Waals surface area contributed by atoms with Crippen molar-refractivity contribution < 1.29 is 14.1 Å². The van der Waals surface area contributed by atoms with Crippen LogP contribution in [0.3, 0.4) is 0 Å². The number of aryl methyl sites for hydroxylation is 1. The lowest BCUT2D eigenvalue weighted by molar-refractivity contribution is -0.115. The lowest BCUT2D eigenvalue weighted by atomic mass is 9.97. The number of carbonyl (C=O) groups is 2. The van der Waals surface area contributed by atoms with Crippen molar-refractivity contribution in [2.24, 2.45) is 0 Å². The van der Waals surface area contributed by atoms with E-state index < -0.39 is 0 Å². The molecule has 32 heavy (non-hydrogen) atoms. The Balaban J connectivity index is 1.35. The van der Waals surface area contributed by atoms with E-state index in [1.54, 1.807) is 24.1 Å². The highest BCUT2D eigenvalue weighted by Gasteiger charge is 2.28. The highest BCUT2D eigenvalue weighted by molar-refractivity contribution is 5.94. The van der Waals surface area contributed by atoms with E-state index in [-0.39, 0.29) is 17.9 Å². The minimum atomic E-state index is -0.162. The molecule has 1 fully saturated rings. The van der Waals surface area contributed by atoms with Gasteiger partial charge in [-0.1, -0.05) is 24.2 Å². The molecule has 2 aromatic heterocycles. The average molecular weight is 435 g/mol. The minimum Gasteiger partial charge on any atom is -0.339 e. The molecule has 3 amide bonds. The highest BCUT2D eigenvalue weighted by Crippen LogP contribution is 2.29. The number of urea groups is 1. The number of rotatable bonds is 5. The Kier molecular flexibility index (Phi) is 6.44. The van der Waals surface area contributed by atoms with Crippen LogP contribution in [0.2, 0.25) is 0 Å². The fourth-order valence-corrected chi connectivity index (χ4v) is 3.61. The van der Waals surface area contributed by atoms with E-state index in [1.165, 1.54) is 0 Å². The molecule has 0 bridgehead atoms. The molecule has 9 heteroatoms. The van der Waals surface area contributed by atoms with E-state index in [0.29, 0.717) is 48.3 Å². The minimum absolute atomic E-state index is 0.0690. The first-order chi connectivity index (χ1) is 15.5. The van der Waals surface area contributed by atoms with Crippen LogP contribution in [0, 0.1) is 6.92 Å². The lowest BCUT2D eigenvalue weighted by Gasteiger charge is -2.30. The molecule has 0 saturated carbocycles. The number of nitrogens with zero attached hydrogens (tertiary/aromatic N) is 4. The first-order valence-corrected chi connectivity index (χ1v) is 10.7. The number of carbonyl (C=O) groups excluding carboxylic acids is 2. The fraction of sp³-hybridized carbons (Fsp3) is 0.348. The quantitative estimate of drug-likeness (QED) is 0.622. The molecule has 0 radical (unpaired) electrons. The van der Waals surface area contributed by atoms with Crippen molar-refractivity contribution in [3.05, 3.63) is 54.0 Å². The summed E-state index contributed by atoms with van der Waals surface area (Å²) in [4.78, 5) is 35.0. The van der Waals surface area contributed by atoms with Gasteiger partial charge < -0.3 is 20.1 Å². The molecule has 0 spiro atoms. The van der Waals surface area contributed by atoms with Crippen molar-refractivity contribution in [3.8, 4) is 11.5 Å². The Labute approximate surface area is 186 Å². The number of piperidine rings is 1. The number of pyridine rings is 1. The first kappa shape index (κ1) is 21.5. The molecule has 4 rings (SSSR count). The summed E-state index contributed by atoms with van der Waals surface area (Å²) >= 11 is 0. The Morgan fingerprint density at radius 3 is 2.69 bits per heavy atom. The largest absolute Gasteiger partial charge is 0.339 e.